The third-order valence-corrected chi connectivity index (χ3v) is 4.09. The van der Waals surface area contributed by atoms with Crippen LogP contribution in [0.1, 0.15) is 11.1 Å². The molecule has 0 aromatic heterocycles. The lowest BCUT2D eigenvalue weighted by Crippen LogP contribution is -2.39. The fraction of sp³-hybridized carbons (Fsp3) is 0.533. The van der Waals surface area contributed by atoms with E-state index in [2.05, 4.69) is 15.6 Å². The fourth-order valence-corrected chi connectivity index (χ4v) is 2.34. The molecule has 2 N–H and O–H groups in total. The number of hydrogen-bond acceptors (Lipinski definition) is 4. The summed E-state index contributed by atoms with van der Waals surface area (Å²) in [4.78, 5) is 3.86. The van der Waals surface area contributed by atoms with Gasteiger partial charge in [-0.25, -0.2) is 12.8 Å². The first kappa shape index (κ1) is 22.2. The zero-order valence-corrected chi connectivity index (χ0v) is 15.2. The van der Waals surface area contributed by atoms with Gasteiger partial charge in [0.25, 0.3) is 0 Å². The molecular weight excluding hydrogens is 378 g/mol. The SMILES string of the molecule is CN=C(NCCOCCS(C)(=O)=O)NCc1ccc(F)cc1C(F)(F)F. The largest absolute Gasteiger partial charge is 0.416 e. The molecule has 0 atom stereocenters. The first-order valence-electron chi connectivity index (χ1n) is 7.58. The Balaban J connectivity index is 2.48. The maximum absolute atomic E-state index is 13.1. The number of alkyl halides is 3. The normalized spacial score (nSPS) is 12.9. The molecule has 0 saturated heterocycles. The van der Waals surface area contributed by atoms with Crippen LogP contribution < -0.4 is 10.6 Å². The van der Waals surface area contributed by atoms with Crippen molar-refractivity contribution < 1.29 is 30.7 Å². The molecule has 1 aromatic carbocycles. The Morgan fingerprint density at radius 2 is 1.92 bits per heavy atom. The zero-order valence-electron chi connectivity index (χ0n) is 14.4. The molecule has 0 unspecified atom stereocenters. The Morgan fingerprint density at radius 3 is 2.50 bits per heavy atom. The van der Waals surface area contributed by atoms with Crippen molar-refractivity contribution in [3.8, 4) is 0 Å². The molecule has 1 aromatic rings. The van der Waals surface area contributed by atoms with Gasteiger partial charge in [-0.05, 0) is 17.7 Å². The van der Waals surface area contributed by atoms with Crippen LogP contribution >= 0.6 is 0 Å². The lowest BCUT2D eigenvalue weighted by Gasteiger charge is -2.16. The van der Waals surface area contributed by atoms with Gasteiger partial charge in [0, 0.05) is 26.4 Å². The lowest BCUT2D eigenvalue weighted by molar-refractivity contribution is -0.138. The lowest BCUT2D eigenvalue weighted by atomic mass is 10.1. The number of halogens is 4. The van der Waals surface area contributed by atoms with Crippen LogP contribution in [-0.4, -0.2) is 53.2 Å². The Bertz CT molecular complexity index is 721. The second-order valence-corrected chi connectivity index (χ2v) is 7.65. The molecule has 0 saturated carbocycles. The van der Waals surface area contributed by atoms with E-state index in [1.54, 1.807) is 0 Å². The van der Waals surface area contributed by atoms with Crippen molar-refractivity contribution in [3.05, 3.63) is 35.1 Å². The van der Waals surface area contributed by atoms with Crippen molar-refractivity contribution >= 4 is 15.8 Å². The minimum atomic E-state index is -4.66. The van der Waals surface area contributed by atoms with Gasteiger partial charge < -0.3 is 15.4 Å². The van der Waals surface area contributed by atoms with E-state index in [-0.39, 0.29) is 43.6 Å². The van der Waals surface area contributed by atoms with Crippen LogP contribution in [0, 0.1) is 5.82 Å². The molecule has 0 heterocycles. The summed E-state index contributed by atoms with van der Waals surface area (Å²) < 4.78 is 78.9. The van der Waals surface area contributed by atoms with E-state index >= 15 is 0 Å². The van der Waals surface area contributed by atoms with Gasteiger partial charge in [-0.2, -0.15) is 13.2 Å². The van der Waals surface area contributed by atoms with Crippen molar-refractivity contribution in [2.75, 3.05) is 38.8 Å². The van der Waals surface area contributed by atoms with E-state index in [4.69, 9.17) is 4.74 Å². The molecule has 11 heteroatoms. The van der Waals surface area contributed by atoms with Crippen molar-refractivity contribution in [1.29, 1.82) is 0 Å². The molecule has 1 rings (SSSR count). The highest BCUT2D eigenvalue weighted by molar-refractivity contribution is 7.90. The minimum Gasteiger partial charge on any atom is -0.379 e. The van der Waals surface area contributed by atoms with Gasteiger partial charge in [0.1, 0.15) is 15.7 Å². The summed E-state index contributed by atoms with van der Waals surface area (Å²) in [5.74, 6) is -0.825. The summed E-state index contributed by atoms with van der Waals surface area (Å²) in [6.07, 6.45) is -3.56. The second-order valence-electron chi connectivity index (χ2n) is 5.39. The Morgan fingerprint density at radius 1 is 1.23 bits per heavy atom. The number of aliphatic imine (C=N–C) groups is 1. The highest BCUT2D eigenvalue weighted by Crippen LogP contribution is 2.32. The molecule has 0 fully saturated rings. The average Bonchev–Trinajstić information content (AvgIpc) is 2.52. The smallest absolute Gasteiger partial charge is 0.379 e. The quantitative estimate of drug-likeness (QED) is 0.300. The van der Waals surface area contributed by atoms with Crippen LogP contribution in [-0.2, 0) is 27.3 Å². The standard InChI is InChI=1S/C15H21F4N3O3S/c1-20-14(21-5-6-25-7-8-26(2,23)24)22-10-11-3-4-12(16)9-13(11)15(17,18)19/h3-4,9H,5-8,10H2,1-2H3,(H2,20,21,22). The fourth-order valence-electron chi connectivity index (χ4n) is 1.92. The topological polar surface area (TPSA) is 79.8 Å². The van der Waals surface area contributed by atoms with Crippen LogP contribution in [0.4, 0.5) is 17.6 Å². The summed E-state index contributed by atoms with van der Waals surface area (Å²) in [5.41, 5.74) is -1.17. The molecule has 0 bridgehead atoms. The van der Waals surface area contributed by atoms with Gasteiger partial charge in [-0.15, -0.1) is 0 Å². The van der Waals surface area contributed by atoms with Gasteiger partial charge in [-0.3, -0.25) is 4.99 Å². The molecule has 0 aliphatic heterocycles. The van der Waals surface area contributed by atoms with Gasteiger partial charge in [-0.1, -0.05) is 6.07 Å². The maximum Gasteiger partial charge on any atom is 0.416 e. The van der Waals surface area contributed by atoms with Crippen molar-refractivity contribution in [3.63, 3.8) is 0 Å². The Kier molecular flexibility index (Phi) is 8.28. The number of nitrogens with zero attached hydrogens (tertiary/aromatic N) is 1. The van der Waals surface area contributed by atoms with E-state index < -0.39 is 27.4 Å². The average molecular weight is 399 g/mol. The first-order chi connectivity index (χ1) is 12.0. The van der Waals surface area contributed by atoms with Crippen molar-refractivity contribution in [2.24, 2.45) is 4.99 Å². The van der Waals surface area contributed by atoms with Crippen LogP contribution in [0.5, 0.6) is 0 Å². The predicted molar refractivity (Wildman–Crippen MR) is 90.1 cm³/mol. The third kappa shape index (κ3) is 8.48. The second kappa shape index (κ2) is 9.72. The van der Waals surface area contributed by atoms with Crippen LogP contribution in [0.15, 0.2) is 23.2 Å². The predicted octanol–water partition coefficient (Wildman–Crippen LogP) is 1.57. The first-order valence-corrected chi connectivity index (χ1v) is 9.64. The van der Waals surface area contributed by atoms with Crippen LogP contribution in [0.2, 0.25) is 0 Å². The van der Waals surface area contributed by atoms with Crippen molar-refractivity contribution in [1.82, 2.24) is 10.6 Å². The molecule has 0 radical (unpaired) electrons. The van der Waals surface area contributed by atoms with Crippen LogP contribution in [0.25, 0.3) is 0 Å². The highest BCUT2D eigenvalue weighted by Gasteiger charge is 2.33. The summed E-state index contributed by atoms with van der Waals surface area (Å²) in [5, 5.41) is 5.51. The summed E-state index contributed by atoms with van der Waals surface area (Å²) >= 11 is 0. The minimum absolute atomic E-state index is 0.0526. The van der Waals surface area contributed by atoms with Crippen molar-refractivity contribution in [2.45, 2.75) is 12.7 Å². The molecule has 0 aliphatic rings. The van der Waals surface area contributed by atoms with E-state index in [1.807, 2.05) is 0 Å². The number of nitrogens with one attached hydrogen (secondary N) is 2. The monoisotopic (exact) mass is 399 g/mol. The molecule has 26 heavy (non-hydrogen) atoms. The number of rotatable bonds is 8. The number of sulfone groups is 1. The number of ether oxygens (including phenoxy) is 1. The molecule has 0 aliphatic carbocycles. The van der Waals surface area contributed by atoms with E-state index in [9.17, 15) is 26.0 Å². The highest BCUT2D eigenvalue weighted by atomic mass is 32.2. The van der Waals surface area contributed by atoms with Gasteiger partial charge in [0.2, 0.25) is 0 Å². The molecular formula is C15H21F4N3O3S. The van der Waals surface area contributed by atoms with Crippen LogP contribution in [0.3, 0.4) is 0 Å². The number of benzene rings is 1. The Hall–Kier alpha value is -1.88. The van der Waals surface area contributed by atoms with E-state index in [0.717, 1.165) is 18.4 Å². The van der Waals surface area contributed by atoms with E-state index in [0.29, 0.717) is 6.07 Å². The van der Waals surface area contributed by atoms with Gasteiger partial charge in [0.15, 0.2) is 5.96 Å². The molecule has 0 spiro atoms. The summed E-state index contributed by atoms with van der Waals surface area (Å²) in [7, 11) is -1.65. The summed E-state index contributed by atoms with van der Waals surface area (Å²) in [6.45, 7) is 0.320. The third-order valence-electron chi connectivity index (χ3n) is 3.18. The maximum atomic E-state index is 13.1. The zero-order chi connectivity index (χ0) is 19.8. The van der Waals surface area contributed by atoms with E-state index in [1.165, 1.54) is 7.05 Å². The molecule has 0 amide bonds. The number of guanidine groups is 1. The van der Waals surface area contributed by atoms with Gasteiger partial charge in [0.05, 0.1) is 24.5 Å². The Labute approximate surface area is 149 Å². The molecule has 6 nitrogen and oxygen atoms in total. The molecule has 148 valence electrons. The van der Waals surface area contributed by atoms with Gasteiger partial charge >= 0.3 is 6.18 Å². The number of hydrogen-bond donors (Lipinski definition) is 2. The summed E-state index contributed by atoms with van der Waals surface area (Å²) in [6, 6.07) is 2.47.